The normalized spacial score (nSPS) is 11.0. The lowest BCUT2D eigenvalue weighted by atomic mass is 9.97. The van der Waals surface area contributed by atoms with Crippen molar-refractivity contribution >= 4 is 0 Å². The molecule has 5 nitrogen and oxygen atoms in total. The highest BCUT2D eigenvalue weighted by atomic mass is 15.0. The Kier molecular flexibility index (Phi) is 9.88. The first-order valence-corrected chi connectivity index (χ1v) is 20.0. The van der Waals surface area contributed by atoms with Gasteiger partial charge in [-0.05, 0) is 51.6 Å². The van der Waals surface area contributed by atoms with Gasteiger partial charge in [0.05, 0.1) is 11.4 Å². The van der Waals surface area contributed by atoms with Crippen LogP contribution in [-0.2, 0) is 0 Å². The molecule has 0 radical (unpaired) electrons. The molecule has 0 aliphatic rings. The number of aromatic nitrogens is 5. The number of hydrogen-bond donors (Lipinski definition) is 0. The summed E-state index contributed by atoms with van der Waals surface area (Å²) in [7, 11) is 0. The summed E-state index contributed by atoms with van der Waals surface area (Å²) in [5.41, 5.74) is 14.3. The van der Waals surface area contributed by atoms with Gasteiger partial charge in [0.25, 0.3) is 0 Å². The summed E-state index contributed by atoms with van der Waals surface area (Å²) < 4.78 is 0. The first kappa shape index (κ1) is 36.2. The van der Waals surface area contributed by atoms with Gasteiger partial charge < -0.3 is 0 Å². The Morgan fingerprint density at radius 1 is 0.167 bits per heavy atom. The van der Waals surface area contributed by atoms with Crippen LogP contribution in [0.5, 0.6) is 0 Å². The molecule has 2 heterocycles. The zero-order valence-corrected chi connectivity index (χ0v) is 32.6. The van der Waals surface area contributed by atoms with E-state index in [2.05, 4.69) is 140 Å². The van der Waals surface area contributed by atoms with Gasteiger partial charge in [0.15, 0.2) is 23.3 Å². The van der Waals surface area contributed by atoms with Gasteiger partial charge in [0.2, 0.25) is 0 Å². The fraction of sp³-hybridized carbons (Fsp3) is 0. The maximum atomic E-state index is 5.14. The zero-order chi connectivity index (χ0) is 40.1. The molecule has 0 saturated heterocycles. The van der Waals surface area contributed by atoms with E-state index in [-0.39, 0.29) is 0 Å². The molecule has 0 aliphatic carbocycles. The Balaban J connectivity index is 0.986. The van der Waals surface area contributed by atoms with Crippen LogP contribution in [0.15, 0.2) is 224 Å². The summed E-state index contributed by atoms with van der Waals surface area (Å²) in [4.78, 5) is 25.0. The second kappa shape index (κ2) is 16.4. The second-order valence-corrected chi connectivity index (χ2v) is 14.5. The Morgan fingerprint density at radius 3 is 0.800 bits per heavy atom. The summed E-state index contributed by atoms with van der Waals surface area (Å²) in [6.45, 7) is 0. The molecule has 0 bridgehead atoms. The molecule has 0 N–H and O–H groups in total. The van der Waals surface area contributed by atoms with Crippen molar-refractivity contribution in [3.8, 4) is 101 Å². The van der Waals surface area contributed by atoms with Gasteiger partial charge >= 0.3 is 0 Å². The van der Waals surface area contributed by atoms with Crippen LogP contribution in [0.1, 0.15) is 0 Å². The average molecular weight is 768 g/mol. The van der Waals surface area contributed by atoms with E-state index in [1.807, 2.05) is 84.9 Å². The van der Waals surface area contributed by atoms with E-state index in [1.54, 1.807) is 0 Å². The maximum Gasteiger partial charge on any atom is 0.164 e. The SMILES string of the molecule is c1ccc(-c2ccc(-c3cccc(-c4cc(-c5cccc(-c6ccc(-c7nc(-c8ccccc8)nc(-c8ccccc8)n7)cc6)c5)nc(-c5ccccc5)n4)c3)cc2)cc1. The van der Waals surface area contributed by atoms with Gasteiger partial charge in [0, 0.05) is 33.4 Å². The molecule has 0 saturated carbocycles. The van der Waals surface area contributed by atoms with Crippen molar-refractivity contribution in [1.29, 1.82) is 0 Å². The summed E-state index contributed by atoms with van der Waals surface area (Å²) in [6.07, 6.45) is 0. The summed E-state index contributed by atoms with van der Waals surface area (Å²) in [6, 6.07) is 77.1. The Bertz CT molecular complexity index is 2990. The minimum atomic E-state index is 0.623. The Labute approximate surface area is 349 Å². The van der Waals surface area contributed by atoms with E-state index < -0.39 is 0 Å². The second-order valence-electron chi connectivity index (χ2n) is 14.5. The van der Waals surface area contributed by atoms with Crippen LogP contribution in [0.2, 0.25) is 0 Å². The highest BCUT2D eigenvalue weighted by Crippen LogP contribution is 2.34. The van der Waals surface area contributed by atoms with Gasteiger partial charge in [-0.2, -0.15) is 0 Å². The molecule has 0 fully saturated rings. The quantitative estimate of drug-likeness (QED) is 0.146. The molecule has 0 spiro atoms. The van der Waals surface area contributed by atoms with Gasteiger partial charge in [-0.25, -0.2) is 24.9 Å². The summed E-state index contributed by atoms with van der Waals surface area (Å²) in [5, 5.41) is 0. The van der Waals surface area contributed by atoms with Gasteiger partial charge in [-0.15, -0.1) is 0 Å². The van der Waals surface area contributed by atoms with Crippen LogP contribution in [0.3, 0.4) is 0 Å². The summed E-state index contributed by atoms with van der Waals surface area (Å²) in [5.74, 6) is 2.58. The minimum Gasteiger partial charge on any atom is -0.228 e. The molecule has 282 valence electrons. The van der Waals surface area contributed by atoms with Crippen LogP contribution in [0.4, 0.5) is 0 Å². The molecule has 0 amide bonds. The molecule has 0 atom stereocenters. The zero-order valence-electron chi connectivity index (χ0n) is 32.6. The van der Waals surface area contributed by atoms with E-state index in [4.69, 9.17) is 24.9 Å². The van der Waals surface area contributed by atoms with E-state index in [0.29, 0.717) is 23.3 Å². The number of benzene rings is 8. The van der Waals surface area contributed by atoms with Crippen molar-refractivity contribution in [2.24, 2.45) is 0 Å². The lowest BCUT2D eigenvalue weighted by Gasteiger charge is -2.12. The van der Waals surface area contributed by atoms with Crippen molar-refractivity contribution in [2.75, 3.05) is 0 Å². The standard InChI is InChI=1S/C55H37N5/c1-5-15-38(16-6-1)39-27-29-40(30-28-39)46-23-13-25-48(35-46)50-37-51(57-52(56-50)42-17-7-2-8-18-42)49-26-14-24-47(36-49)41-31-33-45(34-32-41)55-59-53(43-19-9-3-10-20-43)58-54(60-55)44-21-11-4-12-22-44/h1-37H. The van der Waals surface area contributed by atoms with Crippen LogP contribution in [0, 0.1) is 0 Å². The number of rotatable bonds is 9. The molecule has 8 aromatic carbocycles. The molecular formula is C55H37N5. The van der Waals surface area contributed by atoms with Crippen LogP contribution in [0.25, 0.3) is 101 Å². The smallest absolute Gasteiger partial charge is 0.164 e. The van der Waals surface area contributed by atoms with Gasteiger partial charge in [-0.3, -0.25) is 0 Å². The largest absolute Gasteiger partial charge is 0.228 e. The van der Waals surface area contributed by atoms with Crippen molar-refractivity contribution in [3.05, 3.63) is 224 Å². The van der Waals surface area contributed by atoms with Crippen LogP contribution < -0.4 is 0 Å². The maximum absolute atomic E-state index is 5.14. The van der Waals surface area contributed by atoms with E-state index in [9.17, 15) is 0 Å². The van der Waals surface area contributed by atoms with E-state index in [0.717, 1.165) is 67.0 Å². The molecule has 5 heteroatoms. The highest BCUT2D eigenvalue weighted by Gasteiger charge is 2.15. The first-order valence-electron chi connectivity index (χ1n) is 20.0. The molecule has 10 aromatic rings. The summed E-state index contributed by atoms with van der Waals surface area (Å²) >= 11 is 0. The number of nitrogens with zero attached hydrogens (tertiary/aromatic N) is 5. The molecule has 10 rings (SSSR count). The van der Waals surface area contributed by atoms with Crippen molar-refractivity contribution in [1.82, 2.24) is 24.9 Å². The van der Waals surface area contributed by atoms with Crippen molar-refractivity contribution in [2.45, 2.75) is 0 Å². The average Bonchev–Trinajstić information content (AvgIpc) is 3.35. The van der Waals surface area contributed by atoms with Gasteiger partial charge in [-0.1, -0.05) is 206 Å². The Morgan fingerprint density at radius 2 is 0.417 bits per heavy atom. The lowest BCUT2D eigenvalue weighted by Crippen LogP contribution is -2.00. The third-order valence-corrected chi connectivity index (χ3v) is 10.6. The monoisotopic (exact) mass is 767 g/mol. The third kappa shape index (κ3) is 7.76. The van der Waals surface area contributed by atoms with E-state index >= 15 is 0 Å². The fourth-order valence-corrected chi connectivity index (χ4v) is 7.41. The van der Waals surface area contributed by atoms with Crippen molar-refractivity contribution < 1.29 is 0 Å². The predicted octanol–water partition coefficient (Wildman–Crippen LogP) is 13.7. The molecule has 0 unspecified atom stereocenters. The lowest BCUT2D eigenvalue weighted by molar-refractivity contribution is 1.07. The minimum absolute atomic E-state index is 0.623. The fourth-order valence-electron chi connectivity index (χ4n) is 7.41. The van der Waals surface area contributed by atoms with Gasteiger partial charge in [0.1, 0.15) is 0 Å². The first-order chi connectivity index (χ1) is 29.7. The van der Waals surface area contributed by atoms with Crippen LogP contribution >= 0.6 is 0 Å². The van der Waals surface area contributed by atoms with Crippen LogP contribution in [-0.4, -0.2) is 24.9 Å². The molecule has 60 heavy (non-hydrogen) atoms. The van der Waals surface area contributed by atoms with E-state index in [1.165, 1.54) is 11.1 Å². The Hall–Kier alpha value is -8.15. The number of hydrogen-bond acceptors (Lipinski definition) is 5. The predicted molar refractivity (Wildman–Crippen MR) is 244 cm³/mol. The molecular weight excluding hydrogens is 731 g/mol. The molecule has 2 aromatic heterocycles. The van der Waals surface area contributed by atoms with Crippen molar-refractivity contribution in [3.63, 3.8) is 0 Å². The topological polar surface area (TPSA) is 64.5 Å². The molecule has 0 aliphatic heterocycles. The third-order valence-electron chi connectivity index (χ3n) is 10.6. The highest BCUT2D eigenvalue weighted by molar-refractivity contribution is 5.79.